The Kier molecular flexibility index (Phi) is 3.65. The highest BCUT2D eigenvalue weighted by Gasteiger charge is 2.55. The average Bonchev–Trinajstić information content (AvgIpc) is 2.52. The summed E-state index contributed by atoms with van der Waals surface area (Å²) < 4.78 is 5.79. The highest BCUT2D eigenvalue weighted by Crippen LogP contribution is 2.50. The molecule has 2 heteroatoms. The molecule has 0 amide bonds. The molecular weight excluding hydrogens is 212 g/mol. The van der Waals surface area contributed by atoms with E-state index in [2.05, 4.69) is 26.0 Å². The second-order valence-corrected chi connectivity index (χ2v) is 5.92. The SMILES string of the molecule is CCCCC1(O)C(C)CC2C=CC1(OC)CC2. The minimum Gasteiger partial charge on any atom is -0.386 e. The first kappa shape index (κ1) is 13.1. The zero-order valence-corrected chi connectivity index (χ0v) is 11.4. The quantitative estimate of drug-likeness (QED) is 0.761. The van der Waals surface area contributed by atoms with Crippen LogP contribution in [0.1, 0.15) is 52.4 Å². The van der Waals surface area contributed by atoms with Crippen LogP contribution in [-0.2, 0) is 4.74 Å². The molecule has 2 bridgehead atoms. The summed E-state index contributed by atoms with van der Waals surface area (Å²) in [7, 11) is 1.75. The molecular formula is C15H26O2. The molecule has 0 aromatic rings. The van der Waals surface area contributed by atoms with Gasteiger partial charge in [0, 0.05) is 7.11 Å². The lowest BCUT2D eigenvalue weighted by Crippen LogP contribution is -2.57. The van der Waals surface area contributed by atoms with Crippen molar-refractivity contribution in [3.05, 3.63) is 12.2 Å². The maximum atomic E-state index is 11.2. The van der Waals surface area contributed by atoms with Crippen LogP contribution in [0.25, 0.3) is 0 Å². The first-order valence-electron chi connectivity index (χ1n) is 7.05. The Labute approximate surface area is 105 Å². The van der Waals surface area contributed by atoms with E-state index < -0.39 is 11.2 Å². The Morgan fingerprint density at radius 3 is 2.76 bits per heavy atom. The van der Waals surface area contributed by atoms with Crippen LogP contribution in [0.15, 0.2) is 12.2 Å². The minimum atomic E-state index is -0.681. The normalized spacial score (nSPS) is 44.9. The van der Waals surface area contributed by atoms with Gasteiger partial charge in [-0.3, -0.25) is 0 Å². The van der Waals surface area contributed by atoms with E-state index in [4.69, 9.17) is 4.74 Å². The lowest BCUT2D eigenvalue weighted by Gasteiger charge is -2.47. The maximum absolute atomic E-state index is 11.2. The number of fused-ring (bicyclic) bond motifs is 3. The first-order chi connectivity index (χ1) is 8.08. The number of ether oxygens (including phenoxy) is 1. The summed E-state index contributed by atoms with van der Waals surface area (Å²) in [5, 5.41) is 11.2. The molecule has 0 heterocycles. The summed E-state index contributed by atoms with van der Waals surface area (Å²) in [6, 6.07) is 0. The zero-order chi connectivity index (χ0) is 12.5. The molecule has 1 fully saturated rings. The van der Waals surface area contributed by atoms with Crippen LogP contribution < -0.4 is 0 Å². The largest absolute Gasteiger partial charge is 0.386 e. The lowest BCUT2D eigenvalue weighted by molar-refractivity contribution is -0.171. The van der Waals surface area contributed by atoms with E-state index in [0.717, 1.165) is 38.5 Å². The predicted octanol–water partition coefficient (Wildman–Crippen LogP) is 3.30. The predicted molar refractivity (Wildman–Crippen MR) is 69.9 cm³/mol. The highest BCUT2D eigenvalue weighted by molar-refractivity contribution is 5.22. The number of unbranched alkanes of at least 4 members (excludes halogenated alkanes) is 1. The van der Waals surface area contributed by atoms with Gasteiger partial charge in [0.2, 0.25) is 0 Å². The number of methoxy groups -OCH3 is 1. The summed E-state index contributed by atoms with van der Waals surface area (Å²) in [4.78, 5) is 0. The van der Waals surface area contributed by atoms with Crippen LogP contribution in [0.4, 0.5) is 0 Å². The summed E-state index contributed by atoms with van der Waals surface area (Å²) >= 11 is 0. The van der Waals surface area contributed by atoms with Gasteiger partial charge in [-0.05, 0) is 37.5 Å². The van der Waals surface area contributed by atoms with Crippen molar-refractivity contribution in [2.24, 2.45) is 11.8 Å². The third kappa shape index (κ3) is 1.96. The molecule has 4 unspecified atom stereocenters. The lowest BCUT2D eigenvalue weighted by atomic mass is 9.70. The van der Waals surface area contributed by atoms with Crippen LogP contribution >= 0.6 is 0 Å². The smallest absolute Gasteiger partial charge is 0.115 e. The third-order valence-corrected chi connectivity index (χ3v) is 5.00. The summed E-state index contributed by atoms with van der Waals surface area (Å²) in [5.74, 6) is 0.959. The molecule has 0 aliphatic heterocycles. The third-order valence-electron chi connectivity index (χ3n) is 5.00. The number of rotatable bonds is 4. The monoisotopic (exact) mass is 238 g/mol. The van der Waals surface area contributed by atoms with Crippen molar-refractivity contribution < 1.29 is 9.84 Å². The molecule has 3 aliphatic carbocycles. The molecule has 1 N–H and O–H groups in total. The number of hydrogen-bond acceptors (Lipinski definition) is 2. The van der Waals surface area contributed by atoms with Crippen molar-refractivity contribution in [1.29, 1.82) is 0 Å². The van der Waals surface area contributed by atoms with Gasteiger partial charge in [0.25, 0.3) is 0 Å². The fraction of sp³-hybridized carbons (Fsp3) is 0.867. The fourth-order valence-electron chi connectivity index (χ4n) is 3.75. The van der Waals surface area contributed by atoms with Crippen LogP contribution in [0.3, 0.4) is 0 Å². The molecule has 2 nitrogen and oxygen atoms in total. The first-order valence-corrected chi connectivity index (χ1v) is 7.05. The molecule has 3 rings (SSSR count). The molecule has 0 spiro atoms. The fourth-order valence-corrected chi connectivity index (χ4v) is 3.75. The van der Waals surface area contributed by atoms with Gasteiger partial charge in [0.1, 0.15) is 5.60 Å². The molecule has 1 saturated carbocycles. The Balaban J connectivity index is 2.34. The molecule has 0 saturated heterocycles. The Morgan fingerprint density at radius 1 is 1.47 bits per heavy atom. The summed E-state index contributed by atoms with van der Waals surface area (Å²) in [6.45, 7) is 4.37. The van der Waals surface area contributed by atoms with Crippen LogP contribution in [0.2, 0.25) is 0 Å². The second-order valence-electron chi connectivity index (χ2n) is 5.92. The van der Waals surface area contributed by atoms with E-state index in [1.54, 1.807) is 7.11 Å². The van der Waals surface area contributed by atoms with Gasteiger partial charge in [-0.15, -0.1) is 0 Å². The molecule has 0 radical (unpaired) electrons. The van der Waals surface area contributed by atoms with Crippen LogP contribution in [0, 0.1) is 11.8 Å². The van der Waals surface area contributed by atoms with E-state index in [1.807, 2.05) is 0 Å². The van der Waals surface area contributed by atoms with Gasteiger partial charge in [-0.25, -0.2) is 0 Å². The van der Waals surface area contributed by atoms with E-state index in [1.165, 1.54) is 0 Å². The second kappa shape index (κ2) is 4.74. The van der Waals surface area contributed by atoms with E-state index >= 15 is 0 Å². The molecule has 4 atom stereocenters. The Bertz CT molecular complexity index is 299. The zero-order valence-electron chi connectivity index (χ0n) is 11.4. The van der Waals surface area contributed by atoms with Gasteiger partial charge in [0.15, 0.2) is 0 Å². The summed E-state index contributed by atoms with van der Waals surface area (Å²) in [5.41, 5.74) is -1.12. The van der Waals surface area contributed by atoms with E-state index in [9.17, 15) is 5.11 Å². The van der Waals surface area contributed by atoms with Crippen molar-refractivity contribution in [3.63, 3.8) is 0 Å². The Morgan fingerprint density at radius 2 is 2.24 bits per heavy atom. The number of aliphatic hydroxyl groups is 1. The molecule has 17 heavy (non-hydrogen) atoms. The average molecular weight is 238 g/mol. The van der Waals surface area contributed by atoms with Gasteiger partial charge in [-0.1, -0.05) is 38.8 Å². The van der Waals surface area contributed by atoms with Gasteiger partial charge < -0.3 is 9.84 Å². The van der Waals surface area contributed by atoms with Crippen molar-refractivity contribution in [2.45, 2.75) is 63.6 Å². The topological polar surface area (TPSA) is 29.5 Å². The van der Waals surface area contributed by atoms with Crippen LogP contribution in [-0.4, -0.2) is 23.4 Å². The van der Waals surface area contributed by atoms with Crippen molar-refractivity contribution in [1.82, 2.24) is 0 Å². The molecule has 98 valence electrons. The van der Waals surface area contributed by atoms with Gasteiger partial charge in [-0.2, -0.15) is 0 Å². The molecule has 0 aromatic heterocycles. The van der Waals surface area contributed by atoms with Crippen molar-refractivity contribution in [3.8, 4) is 0 Å². The molecule has 3 aliphatic rings. The van der Waals surface area contributed by atoms with Crippen molar-refractivity contribution in [2.75, 3.05) is 7.11 Å². The van der Waals surface area contributed by atoms with Gasteiger partial charge in [0.05, 0.1) is 5.60 Å². The minimum absolute atomic E-state index is 0.316. The maximum Gasteiger partial charge on any atom is 0.115 e. The van der Waals surface area contributed by atoms with Gasteiger partial charge >= 0.3 is 0 Å². The standard InChI is InChI=1S/C15H26O2/c1-4-5-8-15(16)12(2)11-13-6-9-14(15,17-3)10-7-13/h6,9,12-13,16H,4-5,7-8,10-11H2,1-3H3. The Hall–Kier alpha value is -0.340. The number of allylic oxidation sites excluding steroid dienone is 1. The number of hydrogen-bond donors (Lipinski definition) is 1. The molecule has 0 aromatic carbocycles. The van der Waals surface area contributed by atoms with E-state index in [-0.39, 0.29) is 0 Å². The summed E-state index contributed by atoms with van der Waals surface area (Å²) in [6.07, 6.45) is 10.7. The van der Waals surface area contributed by atoms with Crippen molar-refractivity contribution >= 4 is 0 Å². The van der Waals surface area contributed by atoms with Crippen LogP contribution in [0.5, 0.6) is 0 Å². The highest BCUT2D eigenvalue weighted by atomic mass is 16.5. The van der Waals surface area contributed by atoms with E-state index in [0.29, 0.717) is 11.8 Å².